The van der Waals surface area contributed by atoms with Crippen molar-refractivity contribution in [1.82, 2.24) is 20.6 Å². The van der Waals surface area contributed by atoms with E-state index in [2.05, 4.69) is 20.6 Å². The predicted octanol–water partition coefficient (Wildman–Crippen LogP) is 0.471. The van der Waals surface area contributed by atoms with Crippen LogP contribution in [-0.4, -0.2) is 41.0 Å². The Morgan fingerprint density at radius 1 is 1.40 bits per heavy atom. The number of esters is 1. The fourth-order valence-electron chi connectivity index (χ4n) is 2.27. The van der Waals surface area contributed by atoms with Crippen molar-refractivity contribution in [2.75, 3.05) is 7.11 Å². The number of nitrogens with two attached hydrogens (primary N) is 1. The number of primary amides is 1. The maximum atomic E-state index is 12.4. The van der Waals surface area contributed by atoms with Gasteiger partial charge in [-0.2, -0.15) is 0 Å². The Labute approximate surface area is 148 Å². The molecule has 0 aliphatic heterocycles. The molecule has 0 aromatic carbocycles. The van der Waals surface area contributed by atoms with Crippen LogP contribution in [0.3, 0.4) is 0 Å². The smallest absolute Gasteiger partial charge is 0.328 e. The van der Waals surface area contributed by atoms with Gasteiger partial charge in [-0.1, -0.05) is 6.07 Å². The van der Waals surface area contributed by atoms with E-state index in [0.717, 1.165) is 4.88 Å². The van der Waals surface area contributed by atoms with Gasteiger partial charge in [0.25, 0.3) is 0 Å². The summed E-state index contributed by atoms with van der Waals surface area (Å²) in [5.41, 5.74) is 5.86. The minimum Gasteiger partial charge on any atom is -0.467 e. The number of nitrogens with zero attached hydrogens (tertiary/aromatic N) is 1. The van der Waals surface area contributed by atoms with Gasteiger partial charge in [-0.15, -0.1) is 11.3 Å². The third-order valence-corrected chi connectivity index (χ3v) is 4.38. The predicted molar refractivity (Wildman–Crippen MR) is 90.6 cm³/mol. The maximum absolute atomic E-state index is 12.4. The molecule has 5 N–H and O–H groups in total. The second-order valence-corrected chi connectivity index (χ2v) is 6.18. The average molecular weight is 365 g/mol. The highest BCUT2D eigenvalue weighted by Gasteiger charge is 2.25. The molecule has 0 fully saturated rings. The number of rotatable bonds is 8. The average Bonchev–Trinajstić information content (AvgIpc) is 3.26. The molecule has 0 bridgehead atoms. The van der Waals surface area contributed by atoms with Crippen molar-refractivity contribution in [3.63, 3.8) is 0 Å². The van der Waals surface area contributed by atoms with Gasteiger partial charge in [0.05, 0.1) is 25.9 Å². The lowest BCUT2D eigenvalue weighted by Crippen LogP contribution is -2.44. The van der Waals surface area contributed by atoms with Gasteiger partial charge in [-0.05, 0) is 11.4 Å². The van der Waals surface area contributed by atoms with Crippen LogP contribution in [0.2, 0.25) is 0 Å². The van der Waals surface area contributed by atoms with Gasteiger partial charge in [0.1, 0.15) is 6.04 Å². The lowest BCUT2D eigenvalue weighted by atomic mass is 10.1. The number of hydrogen-bond acceptors (Lipinski definition) is 6. The van der Waals surface area contributed by atoms with E-state index >= 15 is 0 Å². The van der Waals surface area contributed by atoms with Crippen molar-refractivity contribution in [1.29, 1.82) is 0 Å². The maximum Gasteiger partial charge on any atom is 0.328 e. The molecule has 2 aromatic heterocycles. The Bertz CT molecular complexity index is 702. The molecule has 134 valence electrons. The lowest BCUT2D eigenvalue weighted by Gasteiger charge is -2.19. The van der Waals surface area contributed by atoms with Crippen LogP contribution < -0.4 is 16.4 Å². The molecule has 2 rings (SSSR count). The number of carbonyl (C=O) groups is 3. The standard InChI is InChI=1S/C15H19N5O4S/c1-24-14(22)11(5-9-7-17-8-18-9)19-13(21)6-10(20-15(16)23)12-3-2-4-25-12/h2-4,7-8,10-11H,5-6H2,1H3,(H,17,18)(H,19,21)(H3,16,20,23)/t10?,11-/m0/s1. The summed E-state index contributed by atoms with van der Waals surface area (Å²) < 4.78 is 4.73. The first kappa shape index (κ1) is 18.5. The minimum atomic E-state index is -0.865. The minimum absolute atomic E-state index is 0.0556. The zero-order valence-corrected chi connectivity index (χ0v) is 14.3. The molecule has 2 aromatic rings. The van der Waals surface area contributed by atoms with E-state index in [0.29, 0.717) is 5.69 Å². The fourth-order valence-corrected chi connectivity index (χ4v) is 3.05. The molecule has 0 aliphatic rings. The molecule has 2 atom stereocenters. The molecule has 2 heterocycles. The third-order valence-electron chi connectivity index (χ3n) is 3.39. The summed E-state index contributed by atoms with van der Waals surface area (Å²) in [7, 11) is 1.25. The number of H-pyrrole nitrogens is 1. The summed E-state index contributed by atoms with van der Waals surface area (Å²) in [6.45, 7) is 0. The SMILES string of the molecule is COC(=O)[C@H](Cc1cnc[nH]1)NC(=O)CC(NC(N)=O)c1cccs1. The van der Waals surface area contributed by atoms with Crippen LogP contribution in [0.1, 0.15) is 23.0 Å². The fraction of sp³-hybridized carbons (Fsp3) is 0.333. The van der Waals surface area contributed by atoms with Crippen LogP contribution in [0.25, 0.3) is 0 Å². The zero-order chi connectivity index (χ0) is 18.2. The van der Waals surface area contributed by atoms with Crippen LogP contribution in [0.4, 0.5) is 4.79 Å². The number of carbonyl (C=O) groups excluding carboxylic acids is 3. The van der Waals surface area contributed by atoms with Gasteiger partial charge >= 0.3 is 12.0 Å². The van der Waals surface area contributed by atoms with Gasteiger partial charge < -0.3 is 26.1 Å². The van der Waals surface area contributed by atoms with Gasteiger partial charge in [0, 0.05) is 23.2 Å². The van der Waals surface area contributed by atoms with Crippen LogP contribution >= 0.6 is 11.3 Å². The van der Waals surface area contributed by atoms with Crippen molar-refractivity contribution >= 4 is 29.2 Å². The molecule has 9 nitrogen and oxygen atoms in total. The summed E-state index contributed by atoms with van der Waals surface area (Å²) >= 11 is 1.39. The highest BCUT2D eigenvalue weighted by molar-refractivity contribution is 7.10. The molecule has 3 amide bonds. The van der Waals surface area contributed by atoms with Gasteiger partial charge in [-0.25, -0.2) is 14.6 Å². The number of hydrogen-bond donors (Lipinski definition) is 4. The highest BCUT2D eigenvalue weighted by Crippen LogP contribution is 2.22. The van der Waals surface area contributed by atoms with E-state index in [4.69, 9.17) is 10.5 Å². The molecule has 25 heavy (non-hydrogen) atoms. The number of aromatic nitrogens is 2. The Balaban J connectivity index is 2.03. The normalized spacial score (nSPS) is 12.8. The summed E-state index contributed by atoms with van der Waals surface area (Å²) in [6, 6.07) is 1.44. The number of amides is 3. The molecule has 0 saturated heterocycles. The molecule has 0 aliphatic carbocycles. The van der Waals surface area contributed by atoms with E-state index in [1.165, 1.54) is 24.8 Å². The van der Waals surface area contributed by atoms with Gasteiger partial charge in [0.2, 0.25) is 5.91 Å². The summed E-state index contributed by atoms with van der Waals surface area (Å²) in [4.78, 5) is 43.0. The van der Waals surface area contributed by atoms with Crippen LogP contribution in [0, 0.1) is 0 Å². The molecule has 1 unspecified atom stereocenters. The summed E-state index contributed by atoms with van der Waals surface area (Å²) in [5, 5.41) is 6.99. The topological polar surface area (TPSA) is 139 Å². The van der Waals surface area contributed by atoms with E-state index in [-0.39, 0.29) is 12.8 Å². The van der Waals surface area contributed by atoms with Crippen LogP contribution in [0.5, 0.6) is 0 Å². The summed E-state index contributed by atoms with van der Waals surface area (Å²) in [6.07, 6.45) is 3.20. The Morgan fingerprint density at radius 3 is 2.76 bits per heavy atom. The first-order valence-electron chi connectivity index (χ1n) is 7.43. The Kier molecular flexibility index (Phi) is 6.52. The largest absolute Gasteiger partial charge is 0.467 e. The van der Waals surface area contributed by atoms with Crippen molar-refractivity contribution in [2.45, 2.75) is 24.9 Å². The van der Waals surface area contributed by atoms with Crippen molar-refractivity contribution in [3.8, 4) is 0 Å². The van der Waals surface area contributed by atoms with Gasteiger partial charge in [0.15, 0.2) is 0 Å². The van der Waals surface area contributed by atoms with E-state index in [1.54, 1.807) is 12.3 Å². The number of methoxy groups -OCH3 is 1. The van der Waals surface area contributed by atoms with Gasteiger partial charge in [-0.3, -0.25) is 4.79 Å². The number of imidazole rings is 1. The molecule has 0 radical (unpaired) electrons. The number of ether oxygens (including phenoxy) is 1. The highest BCUT2D eigenvalue weighted by atomic mass is 32.1. The van der Waals surface area contributed by atoms with Crippen LogP contribution in [0.15, 0.2) is 30.0 Å². The lowest BCUT2D eigenvalue weighted by molar-refractivity contribution is -0.145. The Hall–Kier alpha value is -2.88. The number of thiophene rings is 1. The monoisotopic (exact) mass is 365 g/mol. The number of urea groups is 1. The van der Waals surface area contributed by atoms with E-state index < -0.39 is 30.0 Å². The van der Waals surface area contributed by atoms with Crippen molar-refractivity contribution in [2.24, 2.45) is 5.73 Å². The van der Waals surface area contributed by atoms with E-state index in [1.807, 2.05) is 11.4 Å². The zero-order valence-electron chi connectivity index (χ0n) is 13.5. The second kappa shape index (κ2) is 8.83. The van der Waals surface area contributed by atoms with Crippen molar-refractivity contribution in [3.05, 3.63) is 40.6 Å². The second-order valence-electron chi connectivity index (χ2n) is 5.20. The number of nitrogens with one attached hydrogen (secondary N) is 3. The first-order chi connectivity index (χ1) is 12.0. The molecular formula is C15H19N5O4S. The number of aromatic amines is 1. The van der Waals surface area contributed by atoms with Crippen LogP contribution in [-0.2, 0) is 20.7 Å². The third kappa shape index (κ3) is 5.60. The van der Waals surface area contributed by atoms with Crippen molar-refractivity contribution < 1.29 is 19.1 Å². The molecule has 0 spiro atoms. The molecule has 10 heteroatoms. The molecule has 0 saturated carbocycles. The first-order valence-corrected chi connectivity index (χ1v) is 8.31. The summed E-state index contributed by atoms with van der Waals surface area (Å²) in [5.74, 6) is -0.986. The molecular weight excluding hydrogens is 346 g/mol. The quantitative estimate of drug-likeness (QED) is 0.504. The Morgan fingerprint density at radius 2 is 2.20 bits per heavy atom. The van der Waals surface area contributed by atoms with E-state index in [9.17, 15) is 14.4 Å².